The minimum atomic E-state index is 0. The number of hydrogen-bond acceptors (Lipinski definition) is 4. The van der Waals surface area contributed by atoms with Gasteiger partial charge in [0, 0.05) is 44.3 Å². The number of pyridine rings is 1. The van der Waals surface area contributed by atoms with Gasteiger partial charge in [0.1, 0.15) is 5.82 Å². The molecule has 0 fully saturated rings. The lowest BCUT2D eigenvalue weighted by molar-refractivity contribution is 0.562. The van der Waals surface area contributed by atoms with Crippen molar-refractivity contribution in [2.24, 2.45) is 10.9 Å². The van der Waals surface area contributed by atoms with Gasteiger partial charge in [-0.05, 0) is 49.3 Å². The van der Waals surface area contributed by atoms with E-state index in [0.29, 0.717) is 12.5 Å². The van der Waals surface area contributed by atoms with Crippen molar-refractivity contribution in [1.82, 2.24) is 15.6 Å². The molecule has 5 nitrogen and oxygen atoms in total. The minimum absolute atomic E-state index is 0. The van der Waals surface area contributed by atoms with Gasteiger partial charge >= 0.3 is 0 Å². The van der Waals surface area contributed by atoms with Gasteiger partial charge in [-0.2, -0.15) is 0 Å². The number of nitrogens with one attached hydrogen (secondary N) is 2. The fourth-order valence-corrected chi connectivity index (χ4v) is 3.65. The lowest BCUT2D eigenvalue weighted by atomic mass is 10.1. The molecule has 27 heavy (non-hydrogen) atoms. The second-order valence-electron chi connectivity index (χ2n) is 6.39. The van der Waals surface area contributed by atoms with Crippen LogP contribution in [-0.4, -0.2) is 37.6 Å². The first-order valence-electron chi connectivity index (χ1n) is 9.33. The molecule has 0 spiro atoms. The summed E-state index contributed by atoms with van der Waals surface area (Å²) in [7, 11) is 1.81. The molecule has 0 saturated heterocycles. The third-order valence-electron chi connectivity index (χ3n) is 4.33. The number of rotatable bonds is 9. The molecule has 150 valence electrons. The van der Waals surface area contributed by atoms with Gasteiger partial charge in [0.15, 0.2) is 5.96 Å². The van der Waals surface area contributed by atoms with Crippen molar-refractivity contribution < 1.29 is 0 Å². The van der Waals surface area contributed by atoms with Crippen LogP contribution >= 0.6 is 35.3 Å². The highest BCUT2D eigenvalue weighted by atomic mass is 127. The summed E-state index contributed by atoms with van der Waals surface area (Å²) in [5.41, 5.74) is 1.15. The van der Waals surface area contributed by atoms with Gasteiger partial charge in [-0.3, -0.25) is 4.99 Å². The van der Waals surface area contributed by atoms with E-state index in [4.69, 9.17) is 0 Å². The zero-order chi connectivity index (χ0) is 18.8. The Balaban J connectivity index is 0.00000364. The lowest BCUT2D eigenvalue weighted by Gasteiger charge is -2.20. The summed E-state index contributed by atoms with van der Waals surface area (Å²) >= 11 is 1.82. The number of halogens is 1. The van der Waals surface area contributed by atoms with Gasteiger partial charge in [0.2, 0.25) is 0 Å². The molecule has 1 atom stereocenters. The van der Waals surface area contributed by atoms with E-state index >= 15 is 0 Å². The van der Waals surface area contributed by atoms with Crippen LogP contribution in [0.4, 0.5) is 5.82 Å². The van der Waals surface area contributed by atoms with Crippen LogP contribution in [-0.2, 0) is 13.0 Å². The number of nitrogens with zero attached hydrogens (tertiary/aromatic N) is 3. The molecule has 0 aliphatic carbocycles. The minimum Gasteiger partial charge on any atom is -0.357 e. The first kappa shape index (κ1) is 23.7. The average molecular weight is 501 g/mol. The van der Waals surface area contributed by atoms with Crippen LogP contribution < -0.4 is 15.5 Å². The molecule has 0 aliphatic heterocycles. The van der Waals surface area contributed by atoms with Crippen molar-refractivity contribution >= 4 is 47.1 Å². The second kappa shape index (κ2) is 12.9. The average Bonchev–Trinajstić information content (AvgIpc) is 3.17. The van der Waals surface area contributed by atoms with Crippen molar-refractivity contribution in [3.05, 3.63) is 46.3 Å². The van der Waals surface area contributed by atoms with Crippen LogP contribution in [0, 0.1) is 5.92 Å². The van der Waals surface area contributed by atoms with Crippen molar-refractivity contribution in [3.8, 4) is 0 Å². The maximum absolute atomic E-state index is 4.57. The highest BCUT2D eigenvalue weighted by Crippen LogP contribution is 2.14. The van der Waals surface area contributed by atoms with Gasteiger partial charge in [-0.15, -0.1) is 35.3 Å². The predicted octanol–water partition coefficient (Wildman–Crippen LogP) is 4.15. The van der Waals surface area contributed by atoms with Crippen LogP contribution in [0.1, 0.15) is 31.2 Å². The molecule has 0 aromatic carbocycles. The fourth-order valence-electron chi connectivity index (χ4n) is 2.78. The summed E-state index contributed by atoms with van der Waals surface area (Å²) < 4.78 is 0. The van der Waals surface area contributed by atoms with Crippen LogP contribution in [0.15, 0.2) is 40.8 Å². The number of thiophene rings is 1. The maximum Gasteiger partial charge on any atom is 0.191 e. The molecule has 0 radical (unpaired) electrons. The summed E-state index contributed by atoms with van der Waals surface area (Å²) in [6, 6.07) is 8.52. The lowest BCUT2D eigenvalue weighted by Crippen LogP contribution is -2.39. The van der Waals surface area contributed by atoms with Crippen LogP contribution in [0.25, 0.3) is 0 Å². The Bertz CT molecular complexity index is 654. The van der Waals surface area contributed by atoms with Gasteiger partial charge < -0.3 is 15.5 Å². The van der Waals surface area contributed by atoms with E-state index in [1.54, 1.807) is 7.05 Å². The molecule has 2 aromatic heterocycles. The second-order valence-corrected chi connectivity index (χ2v) is 7.42. The molecule has 0 bridgehead atoms. The fraction of sp³-hybridized carbons (Fsp3) is 0.500. The number of aliphatic imine (C=N–C) groups is 1. The van der Waals surface area contributed by atoms with Crippen LogP contribution in [0.3, 0.4) is 0 Å². The topological polar surface area (TPSA) is 52.5 Å². The molecule has 7 heteroatoms. The Hall–Kier alpha value is -1.35. The van der Waals surface area contributed by atoms with E-state index in [9.17, 15) is 0 Å². The molecule has 0 amide bonds. The van der Waals surface area contributed by atoms with Crippen molar-refractivity contribution in [3.63, 3.8) is 0 Å². The zero-order valence-corrected chi connectivity index (χ0v) is 19.9. The SMILES string of the molecule is CCN(CC)c1ccc(CNC(=NC)NCC(C)Cc2cccs2)cn1.I. The largest absolute Gasteiger partial charge is 0.357 e. The van der Waals surface area contributed by atoms with Crippen molar-refractivity contribution in [2.75, 3.05) is 31.6 Å². The Labute approximate surface area is 184 Å². The Morgan fingerprint density at radius 3 is 2.56 bits per heavy atom. The quantitative estimate of drug-likeness (QED) is 0.308. The van der Waals surface area contributed by atoms with E-state index in [-0.39, 0.29) is 24.0 Å². The number of anilines is 1. The summed E-state index contributed by atoms with van der Waals surface area (Å²) in [5, 5.41) is 8.91. The third kappa shape index (κ3) is 8.04. The monoisotopic (exact) mass is 501 g/mol. The molecule has 2 N–H and O–H groups in total. The van der Waals surface area contributed by atoms with E-state index in [1.165, 1.54) is 4.88 Å². The summed E-state index contributed by atoms with van der Waals surface area (Å²) in [6.45, 7) is 10.1. The Kier molecular flexibility index (Phi) is 11.3. The van der Waals surface area contributed by atoms with Gasteiger partial charge in [-0.1, -0.05) is 19.1 Å². The first-order chi connectivity index (χ1) is 12.7. The highest BCUT2D eigenvalue weighted by molar-refractivity contribution is 14.0. The Morgan fingerprint density at radius 2 is 2.00 bits per heavy atom. The van der Waals surface area contributed by atoms with Crippen molar-refractivity contribution in [2.45, 2.75) is 33.7 Å². The van der Waals surface area contributed by atoms with Crippen LogP contribution in [0.5, 0.6) is 0 Å². The zero-order valence-electron chi connectivity index (χ0n) is 16.7. The molecular weight excluding hydrogens is 469 g/mol. The van der Waals surface area contributed by atoms with Gasteiger partial charge in [-0.25, -0.2) is 4.98 Å². The number of aromatic nitrogens is 1. The van der Waals surface area contributed by atoms with Gasteiger partial charge in [0.05, 0.1) is 0 Å². The standard InChI is InChI=1S/C20H31N5S.HI/c1-5-25(6-2)19-10-9-17(14-22-19)15-24-20(21-4)23-13-16(3)12-18-8-7-11-26-18;/h7-11,14,16H,5-6,12-13,15H2,1-4H3,(H2,21,23,24);1H. The smallest absolute Gasteiger partial charge is 0.191 e. The highest BCUT2D eigenvalue weighted by Gasteiger charge is 2.07. The molecule has 1 unspecified atom stereocenters. The van der Waals surface area contributed by atoms with Crippen molar-refractivity contribution in [1.29, 1.82) is 0 Å². The third-order valence-corrected chi connectivity index (χ3v) is 5.23. The predicted molar refractivity (Wildman–Crippen MR) is 129 cm³/mol. The normalized spacial score (nSPS) is 12.2. The molecule has 2 aromatic rings. The maximum atomic E-state index is 4.57. The first-order valence-corrected chi connectivity index (χ1v) is 10.2. The number of guanidine groups is 1. The van der Waals surface area contributed by atoms with E-state index in [1.807, 2.05) is 17.5 Å². The summed E-state index contributed by atoms with van der Waals surface area (Å²) in [6.07, 6.45) is 3.03. The van der Waals surface area contributed by atoms with E-state index in [2.05, 4.69) is 75.9 Å². The molecule has 0 saturated carbocycles. The Morgan fingerprint density at radius 1 is 1.22 bits per heavy atom. The summed E-state index contributed by atoms with van der Waals surface area (Å²) in [4.78, 5) is 12.6. The molecular formula is C20H32IN5S. The molecule has 2 rings (SSSR count). The summed E-state index contributed by atoms with van der Waals surface area (Å²) in [5.74, 6) is 2.42. The van der Waals surface area contributed by atoms with E-state index in [0.717, 1.165) is 43.4 Å². The molecule has 0 aliphatic rings. The van der Waals surface area contributed by atoms with Crippen LogP contribution in [0.2, 0.25) is 0 Å². The number of hydrogen-bond donors (Lipinski definition) is 2. The van der Waals surface area contributed by atoms with E-state index < -0.39 is 0 Å². The molecule has 2 heterocycles. The van der Waals surface area contributed by atoms with Gasteiger partial charge in [0.25, 0.3) is 0 Å².